The van der Waals surface area contributed by atoms with Crippen LogP contribution in [0.1, 0.15) is 28.1 Å². The maximum Gasteiger partial charge on any atom is 0.246 e. The molecule has 0 spiro atoms. The van der Waals surface area contributed by atoms with Crippen molar-refractivity contribution in [3.8, 4) is 5.75 Å². The summed E-state index contributed by atoms with van der Waals surface area (Å²) >= 11 is 0. The van der Waals surface area contributed by atoms with Crippen molar-refractivity contribution < 1.29 is 13.9 Å². The van der Waals surface area contributed by atoms with Crippen LogP contribution in [0, 0.1) is 13.8 Å². The van der Waals surface area contributed by atoms with Crippen molar-refractivity contribution in [3.63, 3.8) is 0 Å². The van der Waals surface area contributed by atoms with E-state index in [2.05, 4.69) is 16.0 Å². The number of nitrogens with two attached hydrogens (primary N) is 1. The quantitative estimate of drug-likeness (QED) is 0.418. The largest absolute Gasteiger partial charge is 0.483 e. The van der Waals surface area contributed by atoms with Crippen LogP contribution in [0.5, 0.6) is 5.75 Å². The molecule has 0 aliphatic heterocycles. The lowest BCUT2D eigenvalue weighted by Crippen LogP contribution is -2.24. The minimum atomic E-state index is -0.154. The van der Waals surface area contributed by atoms with E-state index in [1.54, 1.807) is 36.5 Å². The first-order chi connectivity index (χ1) is 15.9. The van der Waals surface area contributed by atoms with Crippen LogP contribution < -0.4 is 10.5 Å². The van der Waals surface area contributed by atoms with Crippen molar-refractivity contribution in [1.82, 2.24) is 14.9 Å². The van der Waals surface area contributed by atoms with Gasteiger partial charge in [0, 0.05) is 36.5 Å². The van der Waals surface area contributed by atoms with Crippen LogP contribution in [0.4, 0.5) is 5.82 Å². The summed E-state index contributed by atoms with van der Waals surface area (Å²) in [7, 11) is 1.74. The molecular formula is C26H26N4O3. The van der Waals surface area contributed by atoms with Gasteiger partial charge in [-0.1, -0.05) is 17.7 Å². The number of nitrogen functional groups attached to an aromatic ring is 1. The van der Waals surface area contributed by atoms with E-state index in [4.69, 9.17) is 14.9 Å². The molecule has 4 rings (SSSR count). The summed E-state index contributed by atoms with van der Waals surface area (Å²) in [5, 5.41) is 1.08. The van der Waals surface area contributed by atoms with E-state index in [1.807, 2.05) is 44.2 Å². The number of carbonyl (C=O) groups is 1. The zero-order valence-corrected chi connectivity index (χ0v) is 18.9. The molecule has 2 N–H and O–H groups in total. The Labute approximate surface area is 192 Å². The standard InChI is InChI=1S/C26H26N4O3/c1-17-7-9-22-21(12-17)18(2)24(33-22)15-30(3)25(31)10-8-19-13-23(26(27)29-14-19)32-16-20-6-4-5-11-28-20/h4-14H,15-16H2,1-3H3,(H2,27,29)/b10-8+. The SMILES string of the molecule is Cc1ccc2oc(CN(C)C(=O)/C=C/c3cnc(N)c(OCc4ccccn4)c3)c(C)c2c1. The Balaban J connectivity index is 1.42. The molecule has 4 aromatic rings. The van der Waals surface area contributed by atoms with Crippen LogP contribution in [-0.4, -0.2) is 27.8 Å². The molecule has 3 heterocycles. The van der Waals surface area contributed by atoms with Crippen molar-refractivity contribution in [1.29, 1.82) is 0 Å². The molecule has 0 atom stereocenters. The summed E-state index contributed by atoms with van der Waals surface area (Å²) in [6.45, 7) is 4.72. The molecule has 1 amide bonds. The summed E-state index contributed by atoms with van der Waals surface area (Å²) < 4.78 is 11.7. The second-order valence-corrected chi connectivity index (χ2v) is 7.94. The lowest BCUT2D eigenvalue weighted by Gasteiger charge is -2.14. The summed E-state index contributed by atoms with van der Waals surface area (Å²) in [5.41, 5.74) is 10.5. The Morgan fingerprint density at radius 1 is 1.18 bits per heavy atom. The van der Waals surface area contributed by atoms with Crippen LogP contribution in [0.2, 0.25) is 0 Å². The highest BCUT2D eigenvalue weighted by Gasteiger charge is 2.14. The smallest absolute Gasteiger partial charge is 0.246 e. The topological polar surface area (TPSA) is 94.5 Å². The van der Waals surface area contributed by atoms with Gasteiger partial charge in [-0.15, -0.1) is 0 Å². The summed E-state index contributed by atoms with van der Waals surface area (Å²) in [4.78, 5) is 22.7. The third kappa shape index (κ3) is 5.20. The van der Waals surface area contributed by atoms with Gasteiger partial charge in [0.15, 0.2) is 11.6 Å². The molecule has 0 bridgehead atoms. The van der Waals surface area contributed by atoms with E-state index in [0.717, 1.165) is 28.0 Å². The zero-order valence-electron chi connectivity index (χ0n) is 18.9. The summed E-state index contributed by atoms with van der Waals surface area (Å²) in [5.74, 6) is 1.34. The van der Waals surface area contributed by atoms with E-state index >= 15 is 0 Å². The Hall–Kier alpha value is -4.13. The summed E-state index contributed by atoms with van der Waals surface area (Å²) in [6, 6.07) is 13.4. The number of pyridine rings is 2. The van der Waals surface area contributed by atoms with E-state index in [0.29, 0.717) is 17.9 Å². The van der Waals surface area contributed by atoms with Crippen LogP contribution in [0.15, 0.2) is 65.4 Å². The van der Waals surface area contributed by atoms with Crippen molar-refractivity contribution in [2.24, 2.45) is 0 Å². The third-order valence-corrected chi connectivity index (χ3v) is 5.37. The normalized spacial score (nSPS) is 11.2. The average molecular weight is 443 g/mol. The predicted molar refractivity (Wildman–Crippen MR) is 128 cm³/mol. The molecule has 0 aliphatic carbocycles. The van der Waals surface area contributed by atoms with E-state index in [9.17, 15) is 4.79 Å². The van der Waals surface area contributed by atoms with Crippen LogP contribution in [0.25, 0.3) is 17.0 Å². The first-order valence-corrected chi connectivity index (χ1v) is 10.6. The number of rotatable bonds is 7. The second kappa shape index (κ2) is 9.56. The molecule has 168 valence electrons. The van der Waals surface area contributed by atoms with E-state index in [-0.39, 0.29) is 18.3 Å². The van der Waals surface area contributed by atoms with Crippen molar-refractivity contribution >= 4 is 28.8 Å². The zero-order chi connectivity index (χ0) is 23.4. The molecule has 0 saturated heterocycles. The molecule has 33 heavy (non-hydrogen) atoms. The fourth-order valence-electron chi connectivity index (χ4n) is 3.44. The number of anilines is 1. The molecule has 3 aromatic heterocycles. The van der Waals surface area contributed by atoms with Crippen LogP contribution >= 0.6 is 0 Å². The molecule has 1 aromatic carbocycles. The van der Waals surface area contributed by atoms with Gasteiger partial charge in [0.1, 0.15) is 18.0 Å². The number of likely N-dealkylation sites (N-methyl/N-ethyl adjacent to an activating group) is 1. The number of hydrogen-bond donors (Lipinski definition) is 1. The number of furan rings is 1. The molecule has 0 saturated carbocycles. The van der Waals surface area contributed by atoms with Gasteiger partial charge in [0.05, 0.1) is 12.2 Å². The number of amides is 1. The fourth-order valence-corrected chi connectivity index (χ4v) is 3.44. The molecule has 0 aliphatic rings. The fraction of sp³-hybridized carbons (Fsp3) is 0.192. The first kappa shape index (κ1) is 22.1. The number of ether oxygens (including phenoxy) is 1. The molecule has 0 unspecified atom stereocenters. The second-order valence-electron chi connectivity index (χ2n) is 7.94. The molecule has 7 heteroatoms. The number of hydrogen-bond acceptors (Lipinski definition) is 6. The Morgan fingerprint density at radius 3 is 2.82 bits per heavy atom. The third-order valence-electron chi connectivity index (χ3n) is 5.37. The maximum atomic E-state index is 12.7. The van der Waals surface area contributed by atoms with Gasteiger partial charge in [0.2, 0.25) is 5.91 Å². The van der Waals surface area contributed by atoms with Gasteiger partial charge in [-0.3, -0.25) is 9.78 Å². The number of benzene rings is 1. The number of nitrogens with zero attached hydrogens (tertiary/aromatic N) is 3. The molecule has 7 nitrogen and oxygen atoms in total. The molecule has 0 fully saturated rings. The lowest BCUT2D eigenvalue weighted by molar-refractivity contribution is -0.125. The minimum Gasteiger partial charge on any atom is -0.483 e. The number of aromatic nitrogens is 2. The van der Waals surface area contributed by atoms with Gasteiger partial charge in [-0.2, -0.15) is 0 Å². The van der Waals surface area contributed by atoms with E-state index in [1.165, 1.54) is 11.6 Å². The predicted octanol–water partition coefficient (Wildman–Crippen LogP) is 4.67. The van der Waals surface area contributed by atoms with Crippen LogP contribution in [-0.2, 0) is 17.9 Å². The highest BCUT2D eigenvalue weighted by Crippen LogP contribution is 2.27. The van der Waals surface area contributed by atoms with Gasteiger partial charge < -0.3 is 19.8 Å². The van der Waals surface area contributed by atoms with Crippen molar-refractivity contribution in [3.05, 3.63) is 89.1 Å². The molecular weight excluding hydrogens is 416 g/mol. The van der Waals surface area contributed by atoms with Gasteiger partial charge in [-0.25, -0.2) is 4.98 Å². The van der Waals surface area contributed by atoms with E-state index < -0.39 is 0 Å². The highest BCUT2D eigenvalue weighted by molar-refractivity contribution is 5.91. The Bertz CT molecular complexity index is 1310. The van der Waals surface area contributed by atoms with Gasteiger partial charge in [0.25, 0.3) is 0 Å². The summed E-state index contributed by atoms with van der Waals surface area (Å²) in [6.07, 6.45) is 6.49. The Kier molecular flexibility index (Phi) is 6.40. The monoisotopic (exact) mass is 442 g/mol. The minimum absolute atomic E-state index is 0.154. The molecule has 0 radical (unpaired) electrons. The first-order valence-electron chi connectivity index (χ1n) is 10.6. The van der Waals surface area contributed by atoms with Crippen molar-refractivity contribution in [2.45, 2.75) is 27.0 Å². The van der Waals surface area contributed by atoms with Gasteiger partial charge in [-0.05, 0) is 55.8 Å². The number of carbonyl (C=O) groups excluding carboxylic acids is 1. The average Bonchev–Trinajstić information content (AvgIpc) is 3.12. The lowest BCUT2D eigenvalue weighted by atomic mass is 10.1. The number of fused-ring (bicyclic) bond motifs is 1. The highest BCUT2D eigenvalue weighted by atomic mass is 16.5. The van der Waals surface area contributed by atoms with Gasteiger partial charge >= 0.3 is 0 Å². The Morgan fingerprint density at radius 2 is 2.03 bits per heavy atom. The maximum absolute atomic E-state index is 12.7. The van der Waals surface area contributed by atoms with Crippen molar-refractivity contribution in [2.75, 3.05) is 12.8 Å². The van der Waals surface area contributed by atoms with Crippen LogP contribution in [0.3, 0.4) is 0 Å². The number of aryl methyl sites for hydroxylation is 2.